The minimum Gasteiger partial charge on any atom is -0.481 e. The van der Waals surface area contributed by atoms with Gasteiger partial charge in [0.25, 0.3) is 0 Å². The summed E-state index contributed by atoms with van der Waals surface area (Å²) >= 11 is 1.97. The first-order valence-electron chi connectivity index (χ1n) is 7.07. The van der Waals surface area contributed by atoms with Crippen LogP contribution < -0.4 is 10.6 Å². The highest BCUT2D eigenvalue weighted by Gasteiger charge is 2.14. The van der Waals surface area contributed by atoms with Gasteiger partial charge >= 0.3 is 12.0 Å². The van der Waals surface area contributed by atoms with Crippen LogP contribution in [0.3, 0.4) is 0 Å². The van der Waals surface area contributed by atoms with Crippen molar-refractivity contribution in [3.8, 4) is 0 Å². The van der Waals surface area contributed by atoms with Crippen molar-refractivity contribution in [1.29, 1.82) is 0 Å². The van der Waals surface area contributed by atoms with E-state index in [1.807, 2.05) is 11.8 Å². The van der Waals surface area contributed by atoms with Crippen LogP contribution in [0.5, 0.6) is 0 Å². The molecule has 2 amide bonds. The number of rotatable bonds is 5. The molecule has 0 radical (unpaired) electrons. The van der Waals surface area contributed by atoms with E-state index in [1.54, 1.807) is 24.3 Å². The lowest BCUT2D eigenvalue weighted by Crippen LogP contribution is -2.34. The summed E-state index contributed by atoms with van der Waals surface area (Å²) in [4.78, 5) is 22.4. The Labute approximate surface area is 128 Å². The molecule has 0 aliphatic carbocycles. The number of thioether (sulfide) groups is 1. The van der Waals surface area contributed by atoms with Gasteiger partial charge < -0.3 is 15.7 Å². The van der Waals surface area contributed by atoms with E-state index >= 15 is 0 Å². The molecule has 6 heteroatoms. The number of benzene rings is 1. The van der Waals surface area contributed by atoms with Crippen LogP contribution in [0.4, 0.5) is 10.5 Å². The van der Waals surface area contributed by atoms with Crippen LogP contribution in [0.25, 0.3) is 0 Å². The van der Waals surface area contributed by atoms with Gasteiger partial charge in [0.15, 0.2) is 0 Å². The monoisotopic (exact) mass is 308 g/mol. The van der Waals surface area contributed by atoms with Crippen molar-refractivity contribution in [3.63, 3.8) is 0 Å². The van der Waals surface area contributed by atoms with E-state index in [0.717, 1.165) is 12.8 Å². The maximum Gasteiger partial charge on any atom is 0.319 e. The fourth-order valence-corrected chi connectivity index (χ4v) is 3.45. The summed E-state index contributed by atoms with van der Waals surface area (Å²) in [6.07, 6.45) is 2.32. The van der Waals surface area contributed by atoms with Crippen molar-refractivity contribution in [2.75, 3.05) is 23.4 Å². The normalized spacial score (nSPS) is 15.4. The van der Waals surface area contributed by atoms with Crippen LogP contribution in [-0.2, 0) is 11.2 Å². The van der Waals surface area contributed by atoms with Gasteiger partial charge in [-0.3, -0.25) is 4.79 Å². The first-order chi connectivity index (χ1) is 10.1. The molecule has 1 heterocycles. The minimum atomic E-state index is -0.862. The smallest absolute Gasteiger partial charge is 0.319 e. The van der Waals surface area contributed by atoms with Crippen LogP contribution >= 0.6 is 11.8 Å². The molecule has 0 saturated carbocycles. The number of urea groups is 1. The third-order valence-corrected chi connectivity index (χ3v) is 4.51. The van der Waals surface area contributed by atoms with E-state index in [4.69, 9.17) is 5.11 Å². The fraction of sp³-hybridized carbons (Fsp3) is 0.467. The van der Waals surface area contributed by atoms with E-state index in [0.29, 0.717) is 23.7 Å². The summed E-state index contributed by atoms with van der Waals surface area (Å²) in [5.74, 6) is 2.08. The summed E-state index contributed by atoms with van der Waals surface area (Å²) in [5, 5.41) is 14.3. The van der Waals surface area contributed by atoms with Crippen molar-refractivity contribution in [2.45, 2.75) is 19.3 Å². The molecule has 0 spiro atoms. The van der Waals surface area contributed by atoms with Crippen molar-refractivity contribution in [2.24, 2.45) is 5.92 Å². The van der Waals surface area contributed by atoms with Crippen molar-refractivity contribution in [3.05, 3.63) is 29.8 Å². The number of carboxylic acids is 1. The number of nitrogens with one attached hydrogen (secondary N) is 2. The molecule has 0 aromatic heterocycles. The number of anilines is 1. The summed E-state index contributed by atoms with van der Waals surface area (Å²) in [5.41, 5.74) is 1.38. The third kappa shape index (κ3) is 5.67. The van der Waals surface area contributed by atoms with E-state index in [1.165, 1.54) is 11.5 Å². The molecule has 1 aromatic carbocycles. The molecule has 114 valence electrons. The number of carboxylic acid groups (broad SMARTS) is 1. The average molecular weight is 308 g/mol. The molecule has 1 aromatic rings. The molecule has 2 rings (SSSR count). The molecule has 0 atom stereocenters. The predicted molar refractivity (Wildman–Crippen MR) is 84.9 cm³/mol. The molecular weight excluding hydrogens is 288 g/mol. The van der Waals surface area contributed by atoms with Gasteiger partial charge in [-0.2, -0.15) is 11.8 Å². The zero-order valence-corrected chi connectivity index (χ0v) is 12.6. The summed E-state index contributed by atoms with van der Waals surface area (Å²) in [6.45, 7) is 0.712. The van der Waals surface area contributed by atoms with Crippen LogP contribution in [0.15, 0.2) is 24.3 Å². The number of amides is 2. The average Bonchev–Trinajstić information content (AvgIpc) is 2.48. The Morgan fingerprint density at radius 2 is 1.86 bits per heavy atom. The van der Waals surface area contributed by atoms with Gasteiger partial charge in [-0.05, 0) is 48.0 Å². The van der Waals surface area contributed by atoms with Gasteiger partial charge in [-0.15, -0.1) is 0 Å². The Hall–Kier alpha value is -1.69. The summed E-state index contributed by atoms with van der Waals surface area (Å²) < 4.78 is 0. The highest BCUT2D eigenvalue weighted by Crippen LogP contribution is 2.21. The lowest BCUT2D eigenvalue weighted by atomic mass is 10.0. The Kier molecular flexibility index (Phi) is 5.92. The third-order valence-electron chi connectivity index (χ3n) is 3.46. The Balaban J connectivity index is 1.75. The first-order valence-corrected chi connectivity index (χ1v) is 8.22. The lowest BCUT2D eigenvalue weighted by molar-refractivity contribution is -0.136. The van der Waals surface area contributed by atoms with Gasteiger partial charge in [-0.25, -0.2) is 4.79 Å². The maximum atomic E-state index is 11.8. The Morgan fingerprint density at radius 3 is 2.48 bits per heavy atom. The molecule has 1 saturated heterocycles. The second-order valence-electron chi connectivity index (χ2n) is 5.16. The SMILES string of the molecule is O=C(O)Cc1ccc(NC(=O)NCC2CCSCC2)cc1. The van der Waals surface area contributed by atoms with Crippen LogP contribution in [0.1, 0.15) is 18.4 Å². The summed E-state index contributed by atoms with van der Waals surface area (Å²) in [7, 11) is 0. The van der Waals surface area contributed by atoms with E-state index in [2.05, 4.69) is 10.6 Å². The Morgan fingerprint density at radius 1 is 1.19 bits per heavy atom. The fourth-order valence-electron chi connectivity index (χ4n) is 2.24. The minimum absolute atomic E-state index is 0.00777. The molecule has 21 heavy (non-hydrogen) atoms. The quantitative estimate of drug-likeness (QED) is 0.781. The highest BCUT2D eigenvalue weighted by atomic mass is 32.2. The van der Waals surface area contributed by atoms with Crippen LogP contribution in [-0.4, -0.2) is 35.2 Å². The Bertz CT molecular complexity index is 484. The van der Waals surface area contributed by atoms with Crippen molar-refractivity contribution < 1.29 is 14.7 Å². The molecule has 1 aliphatic rings. The number of carbonyl (C=O) groups is 2. The highest BCUT2D eigenvalue weighted by molar-refractivity contribution is 7.99. The van der Waals surface area contributed by atoms with Gasteiger partial charge in [0.1, 0.15) is 0 Å². The molecular formula is C15H20N2O3S. The first kappa shape index (κ1) is 15.7. The van der Waals surface area contributed by atoms with Gasteiger partial charge in [0.05, 0.1) is 6.42 Å². The number of carbonyl (C=O) groups excluding carboxylic acids is 1. The largest absolute Gasteiger partial charge is 0.481 e. The number of hydrogen-bond acceptors (Lipinski definition) is 3. The van der Waals surface area contributed by atoms with Crippen LogP contribution in [0, 0.1) is 5.92 Å². The van der Waals surface area contributed by atoms with E-state index < -0.39 is 5.97 Å². The summed E-state index contributed by atoms with van der Waals surface area (Å²) in [6, 6.07) is 6.65. The second kappa shape index (κ2) is 7.93. The molecule has 1 fully saturated rings. The lowest BCUT2D eigenvalue weighted by Gasteiger charge is -2.21. The van der Waals surface area contributed by atoms with E-state index in [9.17, 15) is 9.59 Å². The molecule has 0 bridgehead atoms. The zero-order chi connectivity index (χ0) is 15.1. The second-order valence-corrected chi connectivity index (χ2v) is 6.38. The van der Waals surface area contributed by atoms with E-state index in [-0.39, 0.29) is 12.5 Å². The molecule has 0 unspecified atom stereocenters. The predicted octanol–water partition coefficient (Wildman–Crippen LogP) is 2.58. The standard InChI is InChI=1S/C15H20N2O3S/c18-14(19)9-11-1-3-13(4-2-11)17-15(20)16-10-12-5-7-21-8-6-12/h1-4,12H,5-10H2,(H,18,19)(H2,16,17,20). The van der Waals surface area contributed by atoms with Crippen molar-refractivity contribution >= 4 is 29.4 Å². The van der Waals surface area contributed by atoms with Gasteiger partial charge in [0.2, 0.25) is 0 Å². The number of aliphatic carboxylic acids is 1. The zero-order valence-electron chi connectivity index (χ0n) is 11.8. The molecule has 1 aliphatic heterocycles. The topological polar surface area (TPSA) is 78.4 Å². The van der Waals surface area contributed by atoms with Crippen molar-refractivity contribution in [1.82, 2.24) is 5.32 Å². The molecule has 3 N–H and O–H groups in total. The van der Waals surface area contributed by atoms with Gasteiger partial charge in [-0.1, -0.05) is 12.1 Å². The van der Waals surface area contributed by atoms with Crippen LogP contribution in [0.2, 0.25) is 0 Å². The molecule has 5 nitrogen and oxygen atoms in total. The number of hydrogen-bond donors (Lipinski definition) is 3. The maximum absolute atomic E-state index is 11.8. The van der Waals surface area contributed by atoms with Gasteiger partial charge in [0, 0.05) is 12.2 Å².